The number of rotatable bonds is 8. The summed E-state index contributed by atoms with van der Waals surface area (Å²) in [6.07, 6.45) is 6.38. The summed E-state index contributed by atoms with van der Waals surface area (Å²) in [5.74, 6) is -0.511. The molecular weight excluding hydrogens is 481 g/mol. The summed E-state index contributed by atoms with van der Waals surface area (Å²) in [6.45, 7) is 2.38. The van der Waals surface area contributed by atoms with Crippen LogP contribution in [-0.4, -0.2) is 35.0 Å². The van der Waals surface area contributed by atoms with Crippen molar-refractivity contribution < 1.29 is 12.8 Å². The van der Waals surface area contributed by atoms with Crippen molar-refractivity contribution in [3.8, 4) is 0 Å². The number of halogens is 2. The second kappa shape index (κ2) is 10.6. The normalized spacial score (nSPS) is 11.0. The van der Waals surface area contributed by atoms with Gasteiger partial charge in [-0.05, 0) is 49.4 Å². The molecule has 2 aromatic heterocycles. The van der Waals surface area contributed by atoms with Crippen LogP contribution in [0.5, 0.6) is 0 Å². The van der Waals surface area contributed by atoms with Crippen LogP contribution in [0.2, 0.25) is 0 Å². The van der Waals surface area contributed by atoms with Crippen LogP contribution in [0.3, 0.4) is 0 Å². The van der Waals surface area contributed by atoms with Gasteiger partial charge in [-0.25, -0.2) is 27.5 Å². The Balaban J connectivity index is 0.00000324. The Bertz CT molecular complexity index is 1360. The standard InChI is InChI=1S/C22H22FN7O2S.ClH/c1-15-3-6-18(11-20(15)33(31,32)24-2)28-22-26-12-19(23)21(29-22)27-17-7-4-16(5-8-17)13-30-10-9-25-14-30;/h3-12,14,24H,13H2,1-2H3,(H2,26,27,28,29);1H. The Hall–Kier alpha value is -3.54. The first-order chi connectivity index (χ1) is 15.8. The summed E-state index contributed by atoms with van der Waals surface area (Å²) in [7, 11) is -2.28. The van der Waals surface area contributed by atoms with E-state index >= 15 is 0 Å². The highest BCUT2D eigenvalue weighted by Crippen LogP contribution is 2.24. The fourth-order valence-electron chi connectivity index (χ4n) is 3.14. The topological polar surface area (TPSA) is 114 Å². The van der Waals surface area contributed by atoms with E-state index in [0.29, 0.717) is 23.5 Å². The second-order valence-electron chi connectivity index (χ2n) is 7.26. The van der Waals surface area contributed by atoms with Crippen LogP contribution >= 0.6 is 12.4 Å². The van der Waals surface area contributed by atoms with Crippen molar-refractivity contribution in [1.29, 1.82) is 0 Å². The molecule has 0 aliphatic rings. The Morgan fingerprint density at radius 3 is 2.47 bits per heavy atom. The summed E-state index contributed by atoms with van der Waals surface area (Å²) < 4.78 is 43.0. The summed E-state index contributed by atoms with van der Waals surface area (Å²) in [6, 6.07) is 12.3. The van der Waals surface area contributed by atoms with Gasteiger partial charge >= 0.3 is 0 Å². The van der Waals surface area contributed by atoms with Gasteiger partial charge in [0.05, 0.1) is 17.4 Å². The van der Waals surface area contributed by atoms with Crippen molar-refractivity contribution in [3.63, 3.8) is 0 Å². The van der Waals surface area contributed by atoms with Gasteiger partial charge in [-0.3, -0.25) is 0 Å². The number of sulfonamides is 1. The first kappa shape index (κ1) is 25.1. The molecule has 0 amide bonds. The highest BCUT2D eigenvalue weighted by molar-refractivity contribution is 7.89. The molecule has 0 radical (unpaired) electrons. The van der Waals surface area contributed by atoms with E-state index < -0.39 is 15.8 Å². The monoisotopic (exact) mass is 503 g/mol. The first-order valence-corrected chi connectivity index (χ1v) is 11.5. The molecular formula is C22H23ClFN7O2S. The smallest absolute Gasteiger partial charge is 0.240 e. The average Bonchev–Trinajstić information content (AvgIpc) is 3.31. The van der Waals surface area contributed by atoms with Gasteiger partial charge in [-0.15, -0.1) is 12.4 Å². The number of aromatic nitrogens is 4. The molecule has 0 spiro atoms. The van der Waals surface area contributed by atoms with Crippen molar-refractivity contribution in [3.05, 3.63) is 84.3 Å². The van der Waals surface area contributed by atoms with Crippen LogP contribution in [0.25, 0.3) is 0 Å². The van der Waals surface area contributed by atoms with Crippen LogP contribution in [0, 0.1) is 12.7 Å². The quantitative estimate of drug-likeness (QED) is 0.333. The molecule has 34 heavy (non-hydrogen) atoms. The second-order valence-corrected chi connectivity index (χ2v) is 9.11. The fourth-order valence-corrected chi connectivity index (χ4v) is 4.14. The lowest BCUT2D eigenvalue weighted by Gasteiger charge is -2.12. The summed E-state index contributed by atoms with van der Waals surface area (Å²) in [4.78, 5) is 12.3. The zero-order valence-corrected chi connectivity index (χ0v) is 20.0. The first-order valence-electron chi connectivity index (χ1n) is 9.99. The third-order valence-electron chi connectivity index (χ3n) is 4.89. The lowest BCUT2D eigenvalue weighted by molar-refractivity contribution is 0.587. The Kier molecular flexibility index (Phi) is 7.82. The van der Waals surface area contributed by atoms with Gasteiger partial charge in [0, 0.05) is 30.3 Å². The molecule has 0 aliphatic carbocycles. The number of hydrogen-bond donors (Lipinski definition) is 3. The van der Waals surface area contributed by atoms with Gasteiger partial charge in [-0.1, -0.05) is 18.2 Å². The van der Waals surface area contributed by atoms with Crippen molar-refractivity contribution in [2.24, 2.45) is 0 Å². The molecule has 12 heteroatoms. The van der Waals surface area contributed by atoms with E-state index in [1.165, 1.54) is 13.1 Å². The van der Waals surface area contributed by atoms with Gasteiger partial charge in [0.25, 0.3) is 0 Å². The zero-order chi connectivity index (χ0) is 23.4. The van der Waals surface area contributed by atoms with Gasteiger partial charge in [0.2, 0.25) is 16.0 Å². The van der Waals surface area contributed by atoms with Crippen LogP contribution in [-0.2, 0) is 16.6 Å². The minimum atomic E-state index is -3.63. The molecule has 0 saturated heterocycles. The zero-order valence-electron chi connectivity index (χ0n) is 18.4. The lowest BCUT2D eigenvalue weighted by Crippen LogP contribution is -2.19. The predicted octanol–water partition coefficient (Wildman–Crippen LogP) is 3.99. The lowest BCUT2D eigenvalue weighted by atomic mass is 10.2. The molecule has 0 bridgehead atoms. The molecule has 4 aromatic rings. The number of nitrogens with zero attached hydrogens (tertiary/aromatic N) is 4. The van der Waals surface area contributed by atoms with Crippen molar-refractivity contribution >= 4 is 45.6 Å². The van der Waals surface area contributed by atoms with E-state index in [0.717, 1.165) is 11.8 Å². The molecule has 0 unspecified atom stereocenters. The Morgan fingerprint density at radius 2 is 1.79 bits per heavy atom. The number of aryl methyl sites for hydroxylation is 1. The molecule has 0 atom stereocenters. The summed E-state index contributed by atoms with van der Waals surface area (Å²) in [5, 5.41) is 5.87. The van der Waals surface area contributed by atoms with Gasteiger partial charge in [-0.2, -0.15) is 4.98 Å². The molecule has 4 rings (SSSR count). The molecule has 0 aliphatic heterocycles. The number of nitrogens with one attached hydrogen (secondary N) is 3. The molecule has 2 heterocycles. The van der Waals surface area contributed by atoms with E-state index in [9.17, 15) is 12.8 Å². The van der Waals surface area contributed by atoms with E-state index in [4.69, 9.17) is 0 Å². The summed E-state index contributed by atoms with van der Waals surface area (Å²) in [5.41, 5.74) is 2.77. The third-order valence-corrected chi connectivity index (χ3v) is 6.44. The van der Waals surface area contributed by atoms with E-state index in [-0.39, 0.29) is 29.1 Å². The maximum absolute atomic E-state index is 14.3. The van der Waals surface area contributed by atoms with Crippen LogP contribution in [0.15, 0.2) is 72.3 Å². The van der Waals surface area contributed by atoms with Crippen LogP contribution in [0.4, 0.5) is 27.5 Å². The minimum absolute atomic E-state index is 0. The summed E-state index contributed by atoms with van der Waals surface area (Å²) >= 11 is 0. The van der Waals surface area contributed by atoms with Crippen LogP contribution in [0.1, 0.15) is 11.1 Å². The van der Waals surface area contributed by atoms with Gasteiger partial charge in [0.1, 0.15) is 0 Å². The van der Waals surface area contributed by atoms with E-state index in [2.05, 4.69) is 30.3 Å². The average molecular weight is 504 g/mol. The third kappa shape index (κ3) is 5.87. The Labute approximate surface area is 203 Å². The van der Waals surface area contributed by atoms with Crippen LogP contribution < -0.4 is 15.4 Å². The fraction of sp³-hybridized carbons (Fsp3) is 0.136. The van der Waals surface area contributed by atoms with Gasteiger partial charge < -0.3 is 15.2 Å². The largest absolute Gasteiger partial charge is 0.338 e. The highest BCUT2D eigenvalue weighted by atomic mass is 35.5. The van der Waals surface area contributed by atoms with E-state index in [1.807, 2.05) is 35.0 Å². The number of anilines is 4. The number of imidazole rings is 1. The molecule has 178 valence electrons. The van der Waals surface area contributed by atoms with Gasteiger partial charge in [0.15, 0.2) is 11.6 Å². The van der Waals surface area contributed by atoms with E-state index in [1.54, 1.807) is 31.6 Å². The van der Waals surface area contributed by atoms with Crippen molar-refractivity contribution in [1.82, 2.24) is 24.2 Å². The maximum atomic E-state index is 14.3. The minimum Gasteiger partial charge on any atom is -0.338 e. The predicted molar refractivity (Wildman–Crippen MR) is 131 cm³/mol. The van der Waals surface area contributed by atoms with Crippen molar-refractivity contribution in [2.45, 2.75) is 18.4 Å². The molecule has 0 saturated carbocycles. The number of hydrogen-bond acceptors (Lipinski definition) is 7. The number of benzene rings is 2. The molecule has 3 N–H and O–H groups in total. The Morgan fingerprint density at radius 1 is 1.06 bits per heavy atom. The highest BCUT2D eigenvalue weighted by Gasteiger charge is 2.16. The maximum Gasteiger partial charge on any atom is 0.240 e. The molecule has 0 fully saturated rings. The molecule has 9 nitrogen and oxygen atoms in total. The SMILES string of the molecule is CNS(=O)(=O)c1cc(Nc2ncc(F)c(Nc3ccc(Cn4ccnc4)cc3)n2)ccc1C.Cl. The molecule has 2 aromatic carbocycles. The van der Waals surface area contributed by atoms with Crippen molar-refractivity contribution in [2.75, 3.05) is 17.7 Å².